The molecule has 7 nitrogen and oxygen atoms in total. The molecule has 0 aliphatic rings. The first kappa shape index (κ1) is 19.0. The Bertz CT molecular complexity index is 785. The van der Waals surface area contributed by atoms with Crippen LogP contribution in [0.15, 0.2) is 48.5 Å². The van der Waals surface area contributed by atoms with Gasteiger partial charge in [0.15, 0.2) is 6.61 Å². The summed E-state index contributed by atoms with van der Waals surface area (Å²) < 4.78 is 14.6. The second-order valence-corrected chi connectivity index (χ2v) is 5.31. The van der Waals surface area contributed by atoms with Gasteiger partial charge in [-0.2, -0.15) is 0 Å². The summed E-state index contributed by atoms with van der Waals surface area (Å²) in [5.74, 6) is -0.818. The van der Waals surface area contributed by atoms with E-state index in [2.05, 4.69) is 10.1 Å². The molecule has 0 bridgehead atoms. The van der Waals surface area contributed by atoms with Crippen molar-refractivity contribution >= 4 is 23.5 Å². The molecule has 0 aromatic heterocycles. The van der Waals surface area contributed by atoms with Crippen molar-refractivity contribution in [1.82, 2.24) is 0 Å². The van der Waals surface area contributed by atoms with E-state index >= 15 is 0 Å². The van der Waals surface area contributed by atoms with E-state index in [1.165, 1.54) is 19.2 Å². The molecule has 0 fully saturated rings. The summed E-state index contributed by atoms with van der Waals surface area (Å²) in [6, 6.07) is 13.2. The van der Waals surface area contributed by atoms with Gasteiger partial charge in [0.25, 0.3) is 5.91 Å². The molecule has 0 saturated heterocycles. The van der Waals surface area contributed by atoms with Crippen LogP contribution in [0.2, 0.25) is 0 Å². The molecule has 7 heteroatoms. The summed E-state index contributed by atoms with van der Waals surface area (Å²) in [7, 11) is 2.83. The summed E-state index contributed by atoms with van der Waals surface area (Å²) in [6.07, 6.45) is 0.0400. The van der Waals surface area contributed by atoms with Crippen molar-refractivity contribution in [3.8, 4) is 5.75 Å². The average molecular weight is 357 g/mol. The van der Waals surface area contributed by atoms with Crippen molar-refractivity contribution in [2.24, 2.45) is 0 Å². The van der Waals surface area contributed by atoms with Crippen LogP contribution in [0.25, 0.3) is 0 Å². The lowest BCUT2D eigenvalue weighted by molar-refractivity contribution is -0.146. The molecule has 0 atom stereocenters. The SMILES string of the molecule is COC(=O)c1ccc(NC(=O)COC(=O)Cc2cccc(OC)c2)cc1. The Morgan fingerprint density at radius 1 is 1.00 bits per heavy atom. The third-order valence-corrected chi connectivity index (χ3v) is 3.44. The number of nitrogens with one attached hydrogen (secondary N) is 1. The lowest BCUT2D eigenvalue weighted by atomic mass is 10.1. The van der Waals surface area contributed by atoms with E-state index in [1.807, 2.05) is 0 Å². The molecule has 2 rings (SSSR count). The zero-order chi connectivity index (χ0) is 18.9. The Hall–Kier alpha value is -3.35. The first-order valence-electron chi connectivity index (χ1n) is 7.78. The molecule has 0 unspecified atom stereocenters. The van der Waals surface area contributed by atoms with Gasteiger partial charge in [0.05, 0.1) is 26.2 Å². The first-order valence-corrected chi connectivity index (χ1v) is 7.78. The van der Waals surface area contributed by atoms with Gasteiger partial charge in [0.1, 0.15) is 5.75 Å². The number of amides is 1. The number of hydrogen-bond acceptors (Lipinski definition) is 6. The zero-order valence-electron chi connectivity index (χ0n) is 14.5. The van der Waals surface area contributed by atoms with Gasteiger partial charge >= 0.3 is 11.9 Å². The fourth-order valence-corrected chi connectivity index (χ4v) is 2.15. The number of rotatable bonds is 7. The van der Waals surface area contributed by atoms with Crippen LogP contribution >= 0.6 is 0 Å². The molecular formula is C19H19NO6. The largest absolute Gasteiger partial charge is 0.497 e. The number of carbonyl (C=O) groups excluding carboxylic acids is 3. The molecule has 0 aliphatic carbocycles. The summed E-state index contributed by atoms with van der Waals surface area (Å²) in [6.45, 7) is -0.401. The van der Waals surface area contributed by atoms with Crippen LogP contribution in [0, 0.1) is 0 Å². The van der Waals surface area contributed by atoms with E-state index in [-0.39, 0.29) is 6.42 Å². The van der Waals surface area contributed by atoms with Crippen molar-refractivity contribution in [1.29, 1.82) is 0 Å². The van der Waals surface area contributed by atoms with E-state index < -0.39 is 24.5 Å². The quantitative estimate of drug-likeness (QED) is 0.764. The van der Waals surface area contributed by atoms with E-state index in [4.69, 9.17) is 9.47 Å². The number of ether oxygens (including phenoxy) is 3. The van der Waals surface area contributed by atoms with E-state index in [0.29, 0.717) is 17.0 Å². The van der Waals surface area contributed by atoms with Gasteiger partial charge in [0.2, 0.25) is 0 Å². The highest BCUT2D eigenvalue weighted by atomic mass is 16.5. The molecule has 0 aliphatic heterocycles. The molecule has 0 spiro atoms. The number of hydrogen-bond donors (Lipinski definition) is 1. The predicted molar refractivity (Wildman–Crippen MR) is 94.1 cm³/mol. The maximum atomic E-state index is 11.8. The van der Waals surface area contributed by atoms with Gasteiger partial charge in [0, 0.05) is 5.69 Å². The van der Waals surface area contributed by atoms with E-state index in [9.17, 15) is 14.4 Å². The van der Waals surface area contributed by atoms with Gasteiger partial charge in [-0.3, -0.25) is 9.59 Å². The molecule has 0 heterocycles. The normalized spacial score (nSPS) is 9.92. The fraction of sp³-hybridized carbons (Fsp3) is 0.211. The number of carbonyl (C=O) groups is 3. The lowest BCUT2D eigenvalue weighted by Gasteiger charge is -2.08. The highest BCUT2D eigenvalue weighted by Crippen LogP contribution is 2.13. The molecule has 26 heavy (non-hydrogen) atoms. The summed E-state index contributed by atoms with van der Waals surface area (Å²) in [5.41, 5.74) is 1.58. The Balaban J connectivity index is 1.80. The van der Waals surface area contributed by atoms with Crippen molar-refractivity contribution in [3.63, 3.8) is 0 Å². The average Bonchev–Trinajstić information content (AvgIpc) is 2.66. The van der Waals surface area contributed by atoms with Crippen LogP contribution in [0.1, 0.15) is 15.9 Å². The topological polar surface area (TPSA) is 90.9 Å². The van der Waals surface area contributed by atoms with Gasteiger partial charge in [-0.1, -0.05) is 12.1 Å². The molecule has 2 aromatic rings. The maximum absolute atomic E-state index is 11.8. The lowest BCUT2D eigenvalue weighted by Crippen LogP contribution is -2.21. The number of benzene rings is 2. The van der Waals surface area contributed by atoms with Crippen LogP contribution in [-0.2, 0) is 25.5 Å². The zero-order valence-corrected chi connectivity index (χ0v) is 14.5. The van der Waals surface area contributed by atoms with Crippen molar-refractivity contribution in [2.45, 2.75) is 6.42 Å². The number of esters is 2. The molecule has 0 radical (unpaired) electrons. The monoisotopic (exact) mass is 357 g/mol. The third-order valence-electron chi connectivity index (χ3n) is 3.44. The Morgan fingerprint density at radius 3 is 2.38 bits per heavy atom. The van der Waals surface area contributed by atoms with Crippen molar-refractivity contribution in [3.05, 3.63) is 59.7 Å². The standard InChI is InChI=1S/C19H19NO6/c1-24-16-5-3-4-13(10-16)11-18(22)26-12-17(21)20-15-8-6-14(7-9-15)19(23)25-2/h3-10H,11-12H2,1-2H3,(H,20,21). The second kappa shape index (κ2) is 9.22. The summed E-state index contributed by atoms with van der Waals surface area (Å²) in [4.78, 5) is 35.0. The highest BCUT2D eigenvalue weighted by molar-refractivity contribution is 5.94. The smallest absolute Gasteiger partial charge is 0.337 e. The Morgan fingerprint density at radius 2 is 1.73 bits per heavy atom. The molecule has 1 amide bonds. The fourth-order valence-electron chi connectivity index (χ4n) is 2.15. The van der Waals surface area contributed by atoms with Crippen LogP contribution in [0.3, 0.4) is 0 Å². The van der Waals surface area contributed by atoms with E-state index in [0.717, 1.165) is 5.56 Å². The third kappa shape index (κ3) is 5.62. The van der Waals surface area contributed by atoms with Crippen LogP contribution < -0.4 is 10.1 Å². The summed E-state index contributed by atoms with van der Waals surface area (Å²) in [5, 5.41) is 2.58. The minimum absolute atomic E-state index is 0.0400. The van der Waals surface area contributed by atoms with Crippen LogP contribution in [-0.4, -0.2) is 38.7 Å². The minimum atomic E-state index is -0.519. The van der Waals surface area contributed by atoms with Gasteiger partial charge in [-0.05, 0) is 42.0 Å². The molecular weight excluding hydrogens is 338 g/mol. The van der Waals surface area contributed by atoms with Gasteiger partial charge in [-0.25, -0.2) is 4.79 Å². The van der Waals surface area contributed by atoms with Crippen LogP contribution in [0.4, 0.5) is 5.69 Å². The number of methoxy groups -OCH3 is 2. The summed E-state index contributed by atoms with van der Waals surface area (Å²) >= 11 is 0. The second-order valence-electron chi connectivity index (χ2n) is 5.31. The van der Waals surface area contributed by atoms with Crippen molar-refractivity contribution in [2.75, 3.05) is 26.1 Å². The Labute approximate surface area is 150 Å². The van der Waals surface area contributed by atoms with Gasteiger partial charge < -0.3 is 19.5 Å². The van der Waals surface area contributed by atoms with Gasteiger partial charge in [-0.15, -0.1) is 0 Å². The molecule has 2 aromatic carbocycles. The van der Waals surface area contributed by atoms with E-state index in [1.54, 1.807) is 43.5 Å². The molecule has 1 N–H and O–H groups in total. The highest BCUT2D eigenvalue weighted by Gasteiger charge is 2.10. The number of anilines is 1. The molecule has 136 valence electrons. The predicted octanol–water partition coefficient (Wildman–Crippen LogP) is 2.21. The van der Waals surface area contributed by atoms with Crippen LogP contribution in [0.5, 0.6) is 5.75 Å². The first-order chi connectivity index (χ1) is 12.5. The minimum Gasteiger partial charge on any atom is -0.497 e. The maximum Gasteiger partial charge on any atom is 0.337 e. The molecule has 0 saturated carbocycles. The van der Waals surface area contributed by atoms with Crippen molar-refractivity contribution < 1.29 is 28.6 Å². The Kier molecular flexibility index (Phi) is 6.73.